The SMILES string of the molecule is Cc1cc(Nc2cc(C(N)=O)c(N)cn2)ccc1F. The van der Waals surface area contributed by atoms with Gasteiger partial charge < -0.3 is 16.8 Å². The lowest BCUT2D eigenvalue weighted by molar-refractivity contribution is 0.100. The molecular weight excluding hydrogens is 247 g/mol. The number of nitrogen functional groups attached to an aromatic ring is 1. The maximum Gasteiger partial charge on any atom is 0.250 e. The Balaban J connectivity index is 2.30. The summed E-state index contributed by atoms with van der Waals surface area (Å²) in [5.41, 5.74) is 12.4. The molecule has 0 saturated heterocycles. The molecule has 0 radical (unpaired) electrons. The van der Waals surface area contributed by atoms with Crippen LogP contribution in [0.2, 0.25) is 0 Å². The number of primary amides is 1. The molecule has 2 rings (SSSR count). The first-order valence-electron chi connectivity index (χ1n) is 5.56. The molecule has 2 aromatic rings. The molecule has 0 atom stereocenters. The number of halogens is 1. The summed E-state index contributed by atoms with van der Waals surface area (Å²) in [6.45, 7) is 1.66. The summed E-state index contributed by atoms with van der Waals surface area (Å²) in [5, 5.41) is 2.95. The zero-order valence-electron chi connectivity index (χ0n) is 10.3. The molecule has 1 heterocycles. The van der Waals surface area contributed by atoms with Crippen molar-refractivity contribution in [1.82, 2.24) is 4.98 Å². The molecule has 5 N–H and O–H groups in total. The van der Waals surface area contributed by atoms with Crippen molar-refractivity contribution in [1.29, 1.82) is 0 Å². The Morgan fingerprint density at radius 3 is 2.74 bits per heavy atom. The van der Waals surface area contributed by atoms with Gasteiger partial charge in [-0.05, 0) is 36.8 Å². The Morgan fingerprint density at radius 2 is 2.11 bits per heavy atom. The fraction of sp³-hybridized carbons (Fsp3) is 0.0769. The lowest BCUT2D eigenvalue weighted by Gasteiger charge is -2.09. The van der Waals surface area contributed by atoms with Crippen LogP contribution in [0.1, 0.15) is 15.9 Å². The molecule has 98 valence electrons. The second-order valence-electron chi connectivity index (χ2n) is 4.11. The molecule has 1 amide bonds. The summed E-state index contributed by atoms with van der Waals surface area (Å²) in [4.78, 5) is 15.2. The van der Waals surface area contributed by atoms with Crippen LogP contribution >= 0.6 is 0 Å². The van der Waals surface area contributed by atoms with E-state index in [4.69, 9.17) is 11.5 Å². The van der Waals surface area contributed by atoms with Crippen molar-refractivity contribution in [2.24, 2.45) is 5.73 Å². The summed E-state index contributed by atoms with van der Waals surface area (Å²) < 4.78 is 13.1. The fourth-order valence-electron chi connectivity index (χ4n) is 1.62. The largest absolute Gasteiger partial charge is 0.397 e. The zero-order valence-corrected chi connectivity index (χ0v) is 10.3. The highest BCUT2D eigenvalue weighted by molar-refractivity contribution is 5.98. The highest BCUT2D eigenvalue weighted by Gasteiger charge is 2.08. The van der Waals surface area contributed by atoms with Crippen molar-refractivity contribution >= 4 is 23.1 Å². The number of rotatable bonds is 3. The topological polar surface area (TPSA) is 94.0 Å². The predicted molar refractivity (Wildman–Crippen MR) is 71.6 cm³/mol. The minimum Gasteiger partial charge on any atom is -0.397 e. The van der Waals surface area contributed by atoms with E-state index < -0.39 is 5.91 Å². The number of pyridine rings is 1. The number of anilines is 3. The van der Waals surface area contributed by atoms with E-state index in [0.717, 1.165) is 0 Å². The van der Waals surface area contributed by atoms with Gasteiger partial charge in [0.1, 0.15) is 11.6 Å². The second-order valence-corrected chi connectivity index (χ2v) is 4.11. The molecule has 0 fully saturated rings. The molecule has 19 heavy (non-hydrogen) atoms. The monoisotopic (exact) mass is 260 g/mol. The number of carbonyl (C=O) groups excluding carboxylic acids is 1. The number of nitrogens with zero attached hydrogens (tertiary/aromatic N) is 1. The van der Waals surface area contributed by atoms with Crippen LogP contribution in [-0.4, -0.2) is 10.9 Å². The number of benzene rings is 1. The lowest BCUT2D eigenvalue weighted by atomic mass is 10.2. The molecule has 0 spiro atoms. The quantitative estimate of drug-likeness (QED) is 0.786. The molecule has 0 aliphatic heterocycles. The van der Waals surface area contributed by atoms with E-state index in [-0.39, 0.29) is 17.1 Å². The standard InChI is InChI=1S/C13H13FN4O/c1-7-4-8(2-3-10(7)14)18-12-5-9(13(16)19)11(15)6-17-12/h2-6H,15H2,1H3,(H2,16,19)(H,17,18). The molecule has 0 bridgehead atoms. The van der Waals surface area contributed by atoms with E-state index in [1.165, 1.54) is 18.3 Å². The molecular formula is C13H13FN4O. The first-order chi connectivity index (χ1) is 8.97. The van der Waals surface area contributed by atoms with Gasteiger partial charge in [0.05, 0.1) is 17.4 Å². The van der Waals surface area contributed by atoms with Crippen molar-refractivity contribution in [3.63, 3.8) is 0 Å². The second kappa shape index (κ2) is 4.93. The smallest absolute Gasteiger partial charge is 0.250 e. The first-order valence-corrected chi connectivity index (χ1v) is 5.56. The van der Waals surface area contributed by atoms with Gasteiger partial charge in [0.15, 0.2) is 0 Å². The summed E-state index contributed by atoms with van der Waals surface area (Å²) in [6, 6.07) is 6.02. The van der Waals surface area contributed by atoms with Gasteiger partial charge in [0, 0.05) is 5.69 Å². The molecule has 5 nitrogen and oxygen atoms in total. The van der Waals surface area contributed by atoms with Crippen LogP contribution < -0.4 is 16.8 Å². The number of nitrogens with two attached hydrogens (primary N) is 2. The van der Waals surface area contributed by atoms with Gasteiger partial charge in [-0.2, -0.15) is 0 Å². The Labute approximate surface area is 109 Å². The first kappa shape index (κ1) is 12.8. The number of aryl methyl sites for hydroxylation is 1. The number of carbonyl (C=O) groups is 1. The van der Waals surface area contributed by atoms with Crippen LogP contribution in [0.4, 0.5) is 21.6 Å². The van der Waals surface area contributed by atoms with Crippen LogP contribution in [0.5, 0.6) is 0 Å². The highest BCUT2D eigenvalue weighted by atomic mass is 19.1. The normalized spacial score (nSPS) is 10.2. The van der Waals surface area contributed by atoms with Crippen molar-refractivity contribution in [2.45, 2.75) is 6.92 Å². The summed E-state index contributed by atoms with van der Waals surface area (Å²) in [6.07, 6.45) is 1.35. The minimum absolute atomic E-state index is 0.191. The average molecular weight is 260 g/mol. The third-order valence-corrected chi connectivity index (χ3v) is 2.63. The van der Waals surface area contributed by atoms with E-state index in [1.807, 2.05) is 0 Å². The van der Waals surface area contributed by atoms with Gasteiger partial charge in [0.25, 0.3) is 5.91 Å². The summed E-state index contributed by atoms with van der Waals surface area (Å²) in [7, 11) is 0. The van der Waals surface area contributed by atoms with E-state index in [9.17, 15) is 9.18 Å². The van der Waals surface area contributed by atoms with Gasteiger partial charge in [-0.15, -0.1) is 0 Å². The fourth-order valence-corrected chi connectivity index (χ4v) is 1.62. The van der Waals surface area contributed by atoms with Crippen LogP contribution in [0.15, 0.2) is 30.5 Å². The van der Waals surface area contributed by atoms with Gasteiger partial charge in [0.2, 0.25) is 0 Å². The van der Waals surface area contributed by atoms with Crippen molar-refractivity contribution in [3.05, 3.63) is 47.4 Å². The Morgan fingerprint density at radius 1 is 1.37 bits per heavy atom. The molecule has 0 unspecified atom stereocenters. The molecule has 0 saturated carbocycles. The number of nitrogens with one attached hydrogen (secondary N) is 1. The Hall–Kier alpha value is -2.63. The molecule has 1 aromatic heterocycles. The van der Waals surface area contributed by atoms with E-state index in [1.54, 1.807) is 19.1 Å². The minimum atomic E-state index is -0.627. The molecule has 6 heteroatoms. The third-order valence-electron chi connectivity index (χ3n) is 2.63. The van der Waals surface area contributed by atoms with Crippen molar-refractivity contribution in [2.75, 3.05) is 11.1 Å². The van der Waals surface area contributed by atoms with Gasteiger partial charge in [-0.25, -0.2) is 9.37 Å². The average Bonchev–Trinajstić information content (AvgIpc) is 2.36. The number of amides is 1. The van der Waals surface area contributed by atoms with Gasteiger partial charge in [-0.1, -0.05) is 0 Å². The maximum absolute atomic E-state index is 13.1. The summed E-state index contributed by atoms with van der Waals surface area (Å²) in [5.74, 6) is -0.499. The number of hydrogen-bond acceptors (Lipinski definition) is 4. The molecule has 0 aliphatic carbocycles. The Kier molecular flexibility index (Phi) is 3.33. The van der Waals surface area contributed by atoms with Crippen LogP contribution in [0.3, 0.4) is 0 Å². The molecule has 0 aliphatic rings. The highest BCUT2D eigenvalue weighted by Crippen LogP contribution is 2.20. The van der Waals surface area contributed by atoms with Crippen LogP contribution in [0.25, 0.3) is 0 Å². The van der Waals surface area contributed by atoms with E-state index in [0.29, 0.717) is 17.1 Å². The number of aromatic nitrogens is 1. The maximum atomic E-state index is 13.1. The predicted octanol–water partition coefficient (Wildman–Crippen LogP) is 1.95. The summed E-state index contributed by atoms with van der Waals surface area (Å²) >= 11 is 0. The van der Waals surface area contributed by atoms with E-state index >= 15 is 0 Å². The van der Waals surface area contributed by atoms with Crippen LogP contribution in [-0.2, 0) is 0 Å². The van der Waals surface area contributed by atoms with Crippen LogP contribution in [0, 0.1) is 12.7 Å². The lowest BCUT2D eigenvalue weighted by Crippen LogP contribution is -2.14. The van der Waals surface area contributed by atoms with Gasteiger partial charge in [-0.3, -0.25) is 4.79 Å². The van der Waals surface area contributed by atoms with Crippen molar-refractivity contribution < 1.29 is 9.18 Å². The number of hydrogen-bond donors (Lipinski definition) is 3. The zero-order chi connectivity index (χ0) is 14.0. The Bertz CT molecular complexity index is 643. The molecule has 1 aromatic carbocycles. The van der Waals surface area contributed by atoms with E-state index in [2.05, 4.69) is 10.3 Å². The third kappa shape index (κ3) is 2.79. The van der Waals surface area contributed by atoms with Gasteiger partial charge >= 0.3 is 0 Å². The van der Waals surface area contributed by atoms with Crippen molar-refractivity contribution in [3.8, 4) is 0 Å².